The average molecular weight is 335 g/mol. The van der Waals surface area contributed by atoms with Crippen LogP contribution in [-0.4, -0.2) is 24.0 Å². The summed E-state index contributed by atoms with van der Waals surface area (Å²) >= 11 is 11.0. The molecule has 0 radical (unpaired) electrons. The first-order chi connectivity index (χ1) is 8.16. The van der Waals surface area contributed by atoms with Crippen molar-refractivity contribution >= 4 is 45.2 Å². The van der Waals surface area contributed by atoms with Gasteiger partial charge in [0.15, 0.2) is 0 Å². The van der Waals surface area contributed by atoms with Crippen LogP contribution in [0.2, 0.25) is 5.02 Å². The van der Waals surface area contributed by atoms with E-state index in [1.807, 2.05) is 6.08 Å². The van der Waals surface area contributed by atoms with Crippen molar-refractivity contribution in [2.24, 2.45) is 0 Å². The molecule has 5 heteroatoms. The predicted octanol–water partition coefficient (Wildman–Crippen LogP) is 3.75. The third-order valence-corrected chi connectivity index (χ3v) is 4.22. The van der Waals surface area contributed by atoms with Gasteiger partial charge >= 0.3 is 0 Å². The zero-order chi connectivity index (χ0) is 12.7. The molecule has 0 atom stereocenters. The summed E-state index contributed by atoms with van der Waals surface area (Å²) in [6.45, 7) is 4.26. The number of carbonyl (C=O) groups is 1. The monoisotopic (exact) mass is 333 g/mol. The van der Waals surface area contributed by atoms with Gasteiger partial charge in [0, 0.05) is 22.5 Å². The number of rotatable bonds is 6. The standard InChI is InChI=1S/C12H13BrClNOS/c1-2-7-17-8-6-15-12(16)9-4-3-5-10(13)11(9)14/h2-5H,1,6-8H2,(H,15,16). The van der Waals surface area contributed by atoms with E-state index < -0.39 is 0 Å². The van der Waals surface area contributed by atoms with Crippen molar-refractivity contribution in [3.63, 3.8) is 0 Å². The molecule has 92 valence electrons. The Labute approximate surface area is 119 Å². The minimum absolute atomic E-state index is 0.143. The molecule has 1 rings (SSSR count). The van der Waals surface area contributed by atoms with Gasteiger partial charge in [0.2, 0.25) is 0 Å². The summed E-state index contributed by atoms with van der Waals surface area (Å²) in [5.41, 5.74) is 0.495. The van der Waals surface area contributed by atoms with Crippen LogP contribution in [0.25, 0.3) is 0 Å². The largest absolute Gasteiger partial charge is 0.351 e. The highest BCUT2D eigenvalue weighted by atomic mass is 79.9. The van der Waals surface area contributed by atoms with Gasteiger partial charge in [-0.15, -0.1) is 6.58 Å². The lowest BCUT2D eigenvalue weighted by molar-refractivity contribution is 0.0956. The number of amides is 1. The molecule has 0 aliphatic carbocycles. The Morgan fingerprint density at radius 1 is 1.59 bits per heavy atom. The van der Waals surface area contributed by atoms with Crippen LogP contribution in [0.4, 0.5) is 0 Å². The van der Waals surface area contributed by atoms with E-state index in [0.29, 0.717) is 17.1 Å². The van der Waals surface area contributed by atoms with E-state index in [9.17, 15) is 4.79 Å². The van der Waals surface area contributed by atoms with Gasteiger partial charge in [0.1, 0.15) is 0 Å². The number of hydrogen-bond donors (Lipinski definition) is 1. The Balaban J connectivity index is 2.47. The fourth-order valence-electron chi connectivity index (χ4n) is 1.18. The van der Waals surface area contributed by atoms with Crippen LogP contribution in [0.15, 0.2) is 35.3 Å². The maximum Gasteiger partial charge on any atom is 0.252 e. The molecule has 17 heavy (non-hydrogen) atoms. The molecule has 1 aromatic carbocycles. The van der Waals surface area contributed by atoms with E-state index in [1.165, 1.54) is 0 Å². The zero-order valence-corrected chi connectivity index (χ0v) is 12.4. The van der Waals surface area contributed by atoms with Gasteiger partial charge in [-0.25, -0.2) is 0 Å². The summed E-state index contributed by atoms with van der Waals surface area (Å²) in [5, 5.41) is 3.27. The molecule has 0 aliphatic rings. The second-order valence-corrected chi connectivity index (χ2v) is 5.60. The molecule has 0 fully saturated rings. The van der Waals surface area contributed by atoms with Crippen molar-refractivity contribution in [1.29, 1.82) is 0 Å². The summed E-state index contributed by atoms with van der Waals surface area (Å²) in [7, 11) is 0. The highest BCUT2D eigenvalue weighted by molar-refractivity contribution is 9.10. The van der Waals surface area contributed by atoms with E-state index in [2.05, 4.69) is 27.8 Å². The van der Waals surface area contributed by atoms with Crippen LogP contribution in [0.1, 0.15) is 10.4 Å². The number of nitrogens with one attached hydrogen (secondary N) is 1. The second-order valence-electron chi connectivity index (χ2n) is 3.22. The summed E-state index contributed by atoms with van der Waals surface area (Å²) in [6, 6.07) is 5.30. The Kier molecular flexibility index (Phi) is 6.70. The van der Waals surface area contributed by atoms with Crippen molar-refractivity contribution in [1.82, 2.24) is 5.32 Å². The third kappa shape index (κ3) is 4.74. The highest BCUT2D eigenvalue weighted by Crippen LogP contribution is 2.25. The van der Waals surface area contributed by atoms with E-state index in [4.69, 9.17) is 11.6 Å². The molecule has 0 saturated carbocycles. The van der Waals surface area contributed by atoms with Crippen molar-refractivity contribution in [2.75, 3.05) is 18.1 Å². The molecule has 0 bridgehead atoms. The average Bonchev–Trinajstić information content (AvgIpc) is 2.32. The summed E-state index contributed by atoms with van der Waals surface area (Å²) < 4.78 is 0.729. The maximum atomic E-state index is 11.8. The molecule has 0 saturated heterocycles. The number of hydrogen-bond acceptors (Lipinski definition) is 2. The molecule has 2 nitrogen and oxygen atoms in total. The molecule has 1 N–H and O–H groups in total. The summed E-state index contributed by atoms with van der Waals surface area (Å²) in [6.07, 6.45) is 1.84. The van der Waals surface area contributed by atoms with Crippen molar-refractivity contribution < 1.29 is 4.79 Å². The Morgan fingerprint density at radius 3 is 3.06 bits per heavy atom. The van der Waals surface area contributed by atoms with Gasteiger partial charge in [-0.3, -0.25) is 4.79 Å². The van der Waals surface area contributed by atoms with Crippen LogP contribution >= 0.6 is 39.3 Å². The van der Waals surface area contributed by atoms with Crippen LogP contribution in [-0.2, 0) is 0 Å². The molecule has 0 aliphatic heterocycles. The molecular formula is C12H13BrClNOS. The van der Waals surface area contributed by atoms with Crippen LogP contribution in [0.5, 0.6) is 0 Å². The minimum Gasteiger partial charge on any atom is -0.351 e. The molecule has 0 heterocycles. The first-order valence-electron chi connectivity index (χ1n) is 5.07. The van der Waals surface area contributed by atoms with Gasteiger partial charge in [-0.05, 0) is 28.1 Å². The lowest BCUT2D eigenvalue weighted by Crippen LogP contribution is -2.26. The van der Waals surface area contributed by atoms with Crippen molar-refractivity contribution in [3.05, 3.63) is 45.9 Å². The Bertz CT molecular complexity index is 411. The van der Waals surface area contributed by atoms with Gasteiger partial charge in [0.25, 0.3) is 5.91 Å². The van der Waals surface area contributed by atoms with Gasteiger partial charge < -0.3 is 5.32 Å². The minimum atomic E-state index is -0.143. The Morgan fingerprint density at radius 2 is 2.35 bits per heavy atom. The van der Waals surface area contributed by atoms with E-state index in [-0.39, 0.29) is 5.91 Å². The fourth-order valence-corrected chi connectivity index (χ4v) is 2.34. The van der Waals surface area contributed by atoms with Crippen LogP contribution in [0.3, 0.4) is 0 Å². The smallest absolute Gasteiger partial charge is 0.252 e. The summed E-state index contributed by atoms with van der Waals surface area (Å²) in [4.78, 5) is 11.8. The normalized spacial score (nSPS) is 10.0. The van der Waals surface area contributed by atoms with Gasteiger partial charge in [0.05, 0.1) is 10.6 Å². The first-order valence-corrected chi connectivity index (χ1v) is 7.40. The SMILES string of the molecule is C=CCSCCNC(=O)c1cccc(Br)c1Cl. The third-order valence-electron chi connectivity index (χ3n) is 1.96. The molecular weight excluding hydrogens is 322 g/mol. The number of carbonyl (C=O) groups excluding carboxylic acids is 1. The van der Waals surface area contributed by atoms with E-state index >= 15 is 0 Å². The van der Waals surface area contributed by atoms with Gasteiger partial charge in [-0.2, -0.15) is 11.8 Å². The predicted molar refractivity (Wildman–Crippen MR) is 79.0 cm³/mol. The van der Waals surface area contributed by atoms with Crippen LogP contribution in [0, 0.1) is 0 Å². The number of halogens is 2. The lowest BCUT2D eigenvalue weighted by Gasteiger charge is -2.07. The highest BCUT2D eigenvalue weighted by Gasteiger charge is 2.11. The summed E-state index contributed by atoms with van der Waals surface area (Å²) in [5.74, 6) is 1.62. The number of thioether (sulfide) groups is 1. The molecule has 0 unspecified atom stereocenters. The number of benzene rings is 1. The maximum absolute atomic E-state index is 11.8. The topological polar surface area (TPSA) is 29.1 Å². The lowest BCUT2D eigenvalue weighted by atomic mass is 10.2. The molecule has 1 amide bonds. The first kappa shape index (κ1) is 14.6. The van der Waals surface area contributed by atoms with E-state index in [0.717, 1.165) is 16.0 Å². The molecule has 1 aromatic rings. The van der Waals surface area contributed by atoms with Crippen LogP contribution < -0.4 is 5.32 Å². The molecule has 0 spiro atoms. The quantitative estimate of drug-likeness (QED) is 0.634. The second kappa shape index (κ2) is 7.80. The van der Waals surface area contributed by atoms with Crippen molar-refractivity contribution in [3.8, 4) is 0 Å². The molecule has 0 aromatic heterocycles. The van der Waals surface area contributed by atoms with E-state index in [1.54, 1.807) is 30.0 Å². The zero-order valence-electron chi connectivity index (χ0n) is 9.21. The fraction of sp³-hybridized carbons (Fsp3) is 0.250. The Hall–Kier alpha value is -0.450. The van der Waals surface area contributed by atoms with Crippen molar-refractivity contribution in [2.45, 2.75) is 0 Å². The van der Waals surface area contributed by atoms with Gasteiger partial charge in [-0.1, -0.05) is 23.7 Å².